The quantitative estimate of drug-likeness (QED) is 0.139. The summed E-state index contributed by atoms with van der Waals surface area (Å²) in [5.74, 6) is -4.72. The van der Waals surface area contributed by atoms with Gasteiger partial charge in [-0.1, -0.05) is 96.8 Å². The molecule has 1 aliphatic rings. The van der Waals surface area contributed by atoms with Crippen molar-refractivity contribution in [1.29, 1.82) is 0 Å². The summed E-state index contributed by atoms with van der Waals surface area (Å²) in [5.41, 5.74) is -0.306. The number of halogens is 2. The first kappa shape index (κ1) is 36.1. The van der Waals surface area contributed by atoms with Crippen LogP contribution >= 0.6 is 23.2 Å². The van der Waals surface area contributed by atoms with Crippen LogP contribution in [0.5, 0.6) is 0 Å². The fraction of sp³-hybridized carbons (Fsp3) is 0.278. The molecule has 0 radical (unpaired) electrons. The number of carboxylic acid groups (broad SMARTS) is 1. The average molecular weight is 723 g/mol. The zero-order valence-electron chi connectivity index (χ0n) is 27.0. The van der Waals surface area contributed by atoms with Gasteiger partial charge in [0.05, 0.1) is 33.8 Å². The lowest BCUT2D eigenvalue weighted by Gasteiger charge is -2.29. The van der Waals surface area contributed by atoms with Crippen molar-refractivity contribution in [3.8, 4) is 0 Å². The van der Waals surface area contributed by atoms with Crippen LogP contribution in [0, 0.1) is 5.92 Å². The number of carbonyl (C=O) groups is 5. The number of nitrogens with zero attached hydrogens (tertiary/aromatic N) is 1. The van der Waals surface area contributed by atoms with Crippen molar-refractivity contribution in [3.05, 3.63) is 106 Å². The summed E-state index contributed by atoms with van der Waals surface area (Å²) in [4.78, 5) is 71.0. The number of hydrogen-bond donors (Lipinski definition) is 3. The molecule has 5 rings (SSSR count). The Hall–Kier alpha value is -5.20. The molecule has 2 unspecified atom stereocenters. The monoisotopic (exact) mass is 721 g/mol. The summed E-state index contributed by atoms with van der Waals surface area (Å²) in [6.07, 6.45) is -0.930. The van der Waals surface area contributed by atoms with E-state index in [2.05, 4.69) is 15.8 Å². The van der Waals surface area contributed by atoms with Gasteiger partial charge in [-0.25, -0.2) is 4.79 Å². The van der Waals surface area contributed by atoms with Crippen molar-refractivity contribution in [3.63, 3.8) is 0 Å². The zero-order chi connectivity index (χ0) is 36.0. The topological polar surface area (TPSA) is 174 Å². The second-order valence-electron chi connectivity index (χ2n) is 12.1. The average Bonchev–Trinajstić information content (AvgIpc) is 3.71. The summed E-state index contributed by atoms with van der Waals surface area (Å²) in [6.45, 7) is 2.85. The van der Waals surface area contributed by atoms with Crippen LogP contribution in [-0.2, 0) is 30.4 Å². The molecule has 260 valence electrons. The molecule has 14 heteroatoms. The van der Waals surface area contributed by atoms with Crippen molar-refractivity contribution >= 4 is 69.4 Å². The van der Waals surface area contributed by atoms with Gasteiger partial charge in [0.15, 0.2) is 18.2 Å². The van der Waals surface area contributed by atoms with Gasteiger partial charge in [-0.2, -0.15) is 0 Å². The van der Waals surface area contributed by atoms with Gasteiger partial charge >= 0.3 is 11.9 Å². The number of fused-ring (bicyclic) bond motifs is 1. The van der Waals surface area contributed by atoms with E-state index in [-0.39, 0.29) is 40.1 Å². The van der Waals surface area contributed by atoms with Crippen LogP contribution in [0.4, 0.5) is 0 Å². The number of benzene rings is 3. The number of hydrogen-bond acceptors (Lipinski definition) is 9. The van der Waals surface area contributed by atoms with Crippen LogP contribution in [0.25, 0.3) is 11.0 Å². The Bertz CT molecular complexity index is 1910. The lowest BCUT2D eigenvalue weighted by molar-refractivity contribution is -0.148. The predicted molar refractivity (Wildman–Crippen MR) is 184 cm³/mol. The second kappa shape index (κ2) is 15.6. The molecular weight excluding hydrogens is 689 g/mol. The van der Waals surface area contributed by atoms with Gasteiger partial charge in [-0.3, -0.25) is 19.2 Å². The summed E-state index contributed by atoms with van der Waals surface area (Å²) < 4.78 is 10.8. The van der Waals surface area contributed by atoms with Crippen molar-refractivity contribution < 1.29 is 43.1 Å². The molecule has 2 heterocycles. The molecule has 3 N–H and O–H groups in total. The number of oxime groups is 1. The van der Waals surface area contributed by atoms with E-state index in [4.69, 9.17) is 37.2 Å². The molecule has 0 saturated heterocycles. The van der Waals surface area contributed by atoms with Crippen molar-refractivity contribution in [2.45, 2.75) is 50.8 Å². The summed E-state index contributed by atoms with van der Waals surface area (Å²) in [5, 5.41) is 20.0. The molecule has 4 aromatic rings. The number of para-hydroxylation sites is 1. The minimum Gasteiger partial charge on any atom is -0.481 e. The molecule has 0 bridgehead atoms. The molecular formula is C36H33Cl2N3O9. The number of rotatable bonds is 14. The number of ketones is 1. The third-order valence-corrected chi connectivity index (χ3v) is 8.73. The smallest absolute Gasteiger partial charge is 0.341 e. The van der Waals surface area contributed by atoms with E-state index < -0.39 is 60.2 Å². The van der Waals surface area contributed by atoms with Crippen LogP contribution in [-0.4, -0.2) is 64.6 Å². The lowest BCUT2D eigenvalue weighted by Crippen LogP contribution is -2.55. The number of furan rings is 1. The number of amides is 2. The molecule has 3 atom stereocenters. The molecule has 2 amide bonds. The SMILES string of the molecule is CC(C)C(NC(=O)c1cc2ccccc2o1)C1=NOC(Cc2ccccc2)(C(=O)N[C@@H](CC(=O)O)C(=O)COC(=O)c2c(Cl)cccc2Cl)C1. The second-order valence-corrected chi connectivity index (χ2v) is 12.9. The molecule has 0 saturated carbocycles. The van der Waals surface area contributed by atoms with Crippen molar-refractivity contribution in [2.24, 2.45) is 11.1 Å². The maximum atomic E-state index is 14.1. The van der Waals surface area contributed by atoms with Gasteiger partial charge in [0, 0.05) is 18.2 Å². The molecule has 1 aliphatic heterocycles. The predicted octanol–water partition coefficient (Wildman–Crippen LogP) is 5.64. The number of aliphatic carboxylic acids is 1. The Balaban J connectivity index is 1.35. The number of carboxylic acids is 1. The number of ether oxygens (including phenoxy) is 1. The van der Waals surface area contributed by atoms with E-state index in [9.17, 15) is 29.1 Å². The Kier molecular flexibility index (Phi) is 11.2. The van der Waals surface area contributed by atoms with E-state index >= 15 is 0 Å². The zero-order valence-corrected chi connectivity index (χ0v) is 28.5. The van der Waals surface area contributed by atoms with Crippen LogP contribution in [0.2, 0.25) is 10.0 Å². The number of Topliss-reactive ketones (excluding diaryl/α,β-unsaturated/α-hetero) is 1. The van der Waals surface area contributed by atoms with Crippen LogP contribution in [0.15, 0.2) is 88.4 Å². The summed E-state index contributed by atoms with van der Waals surface area (Å²) in [6, 6.07) is 19.8. The Morgan fingerprint density at radius 3 is 2.28 bits per heavy atom. The molecule has 0 fully saturated rings. The van der Waals surface area contributed by atoms with Crippen molar-refractivity contribution in [2.75, 3.05) is 6.61 Å². The molecule has 3 aromatic carbocycles. The van der Waals surface area contributed by atoms with Gasteiger partial charge in [-0.15, -0.1) is 0 Å². The maximum absolute atomic E-state index is 14.1. The highest BCUT2D eigenvalue weighted by molar-refractivity contribution is 6.39. The first-order valence-corrected chi connectivity index (χ1v) is 16.4. The number of nitrogens with one attached hydrogen (secondary N) is 2. The van der Waals surface area contributed by atoms with E-state index in [0.717, 1.165) is 5.39 Å². The first-order chi connectivity index (χ1) is 23.9. The van der Waals surface area contributed by atoms with E-state index in [1.54, 1.807) is 48.5 Å². The third kappa shape index (κ3) is 8.32. The highest BCUT2D eigenvalue weighted by Crippen LogP contribution is 2.32. The molecule has 1 aromatic heterocycles. The van der Waals surface area contributed by atoms with E-state index in [1.807, 2.05) is 26.0 Å². The summed E-state index contributed by atoms with van der Waals surface area (Å²) >= 11 is 12.1. The van der Waals surface area contributed by atoms with Crippen LogP contribution in [0.3, 0.4) is 0 Å². The van der Waals surface area contributed by atoms with Gasteiger partial charge < -0.3 is 29.7 Å². The van der Waals surface area contributed by atoms with Gasteiger partial charge in [-0.05, 0) is 35.7 Å². The van der Waals surface area contributed by atoms with Crippen molar-refractivity contribution in [1.82, 2.24) is 10.6 Å². The fourth-order valence-corrected chi connectivity index (χ4v) is 6.10. The number of esters is 1. The van der Waals surface area contributed by atoms with Crippen LogP contribution in [0.1, 0.15) is 53.2 Å². The minimum absolute atomic E-state index is 0.00384. The van der Waals surface area contributed by atoms with Gasteiger partial charge in [0.25, 0.3) is 11.8 Å². The Morgan fingerprint density at radius 1 is 0.940 bits per heavy atom. The van der Waals surface area contributed by atoms with E-state index in [0.29, 0.717) is 16.9 Å². The molecule has 50 heavy (non-hydrogen) atoms. The maximum Gasteiger partial charge on any atom is 0.341 e. The minimum atomic E-state index is -1.73. The largest absolute Gasteiger partial charge is 0.481 e. The van der Waals surface area contributed by atoms with Gasteiger partial charge in [0.2, 0.25) is 5.60 Å². The molecule has 0 aliphatic carbocycles. The Morgan fingerprint density at radius 2 is 1.62 bits per heavy atom. The van der Waals surface area contributed by atoms with E-state index in [1.165, 1.54) is 18.2 Å². The highest BCUT2D eigenvalue weighted by Gasteiger charge is 2.49. The molecule has 12 nitrogen and oxygen atoms in total. The highest BCUT2D eigenvalue weighted by atomic mass is 35.5. The van der Waals surface area contributed by atoms with Crippen LogP contribution < -0.4 is 10.6 Å². The van der Waals surface area contributed by atoms with Gasteiger partial charge in [0.1, 0.15) is 11.6 Å². The fourth-order valence-electron chi connectivity index (χ4n) is 5.55. The standard InChI is InChI=1S/C36H33Cl2N3O9/c1-20(2)32(40-33(45)29-15-22-11-6-7-14-28(22)49-29)26-18-36(50-41-26,17-21-9-4-3-5-10-21)35(47)39-25(16-30(43)44)27(42)19-48-34(46)31-23(37)12-8-13-24(31)38/h3-15,20,25,32H,16-19H2,1-2H3,(H,39,47)(H,40,45)(H,43,44)/t25-,32?,36?/m0/s1. The lowest BCUT2D eigenvalue weighted by atomic mass is 9.84. The summed E-state index contributed by atoms with van der Waals surface area (Å²) in [7, 11) is 0. The Labute approximate surface area is 296 Å². The first-order valence-electron chi connectivity index (χ1n) is 15.6. The number of carbonyl (C=O) groups excluding carboxylic acids is 4. The normalized spacial score (nSPS) is 16.6. The third-order valence-electron chi connectivity index (χ3n) is 8.10. The molecule has 0 spiro atoms.